The second-order valence-corrected chi connectivity index (χ2v) is 7.69. The first kappa shape index (κ1) is 22.4. The molecule has 0 fully saturated rings. The van der Waals surface area contributed by atoms with Crippen molar-refractivity contribution in [1.82, 2.24) is 0 Å². The van der Waals surface area contributed by atoms with Crippen molar-refractivity contribution in [2.45, 2.75) is 24.9 Å². The van der Waals surface area contributed by atoms with Gasteiger partial charge in [-0.1, -0.05) is 0 Å². The van der Waals surface area contributed by atoms with E-state index < -0.39 is 40.2 Å². The van der Waals surface area contributed by atoms with E-state index in [0.29, 0.717) is 11.1 Å². The number of sulfonamides is 1. The molecule has 2 aromatic carbocycles. The number of rotatable bonds is 5. The Morgan fingerprint density at radius 3 is 2.21 bits per heavy atom. The molecule has 0 unspecified atom stereocenters. The van der Waals surface area contributed by atoms with Crippen LogP contribution in [0.1, 0.15) is 27.0 Å². The number of hydrogen-bond acceptors (Lipinski definition) is 5. The number of carbonyl (C=O) groups is 2. The predicted molar refractivity (Wildman–Crippen MR) is 97.6 cm³/mol. The first-order chi connectivity index (χ1) is 13.3. The van der Waals surface area contributed by atoms with Gasteiger partial charge >= 0.3 is 12.1 Å². The molecule has 0 aromatic heterocycles. The Balaban J connectivity index is 2.04. The van der Waals surface area contributed by atoms with E-state index in [0.717, 1.165) is 30.3 Å². The second kappa shape index (κ2) is 8.21. The Morgan fingerprint density at radius 1 is 1.10 bits per heavy atom. The lowest BCUT2D eigenvalue weighted by Crippen LogP contribution is -2.21. The summed E-state index contributed by atoms with van der Waals surface area (Å²) in [5, 5.41) is 7.41. The fourth-order valence-corrected chi connectivity index (χ4v) is 3.27. The zero-order valence-corrected chi connectivity index (χ0v) is 16.1. The Morgan fingerprint density at radius 2 is 1.69 bits per heavy atom. The highest BCUT2D eigenvalue weighted by Gasteiger charge is 2.30. The molecule has 1 amide bonds. The Bertz CT molecular complexity index is 1050. The molecule has 7 nitrogen and oxygen atoms in total. The SMILES string of the molecule is Cc1cc(C(=O)OCC(=O)Nc2ccc(C(F)(F)F)cc2)cc(S(N)(=O)=O)c1C. The smallest absolute Gasteiger partial charge is 0.416 e. The van der Waals surface area contributed by atoms with Gasteiger partial charge in [0.25, 0.3) is 5.91 Å². The van der Waals surface area contributed by atoms with Crippen molar-refractivity contribution < 1.29 is 35.9 Å². The van der Waals surface area contributed by atoms with Gasteiger partial charge in [0, 0.05) is 5.69 Å². The summed E-state index contributed by atoms with van der Waals surface area (Å²) in [6, 6.07) is 6.15. The Labute approximate surface area is 164 Å². The molecule has 11 heteroatoms. The van der Waals surface area contributed by atoms with Crippen molar-refractivity contribution in [3.63, 3.8) is 0 Å². The number of halogens is 3. The summed E-state index contributed by atoms with van der Waals surface area (Å²) in [5.74, 6) is -1.74. The van der Waals surface area contributed by atoms with Crippen molar-refractivity contribution in [2.75, 3.05) is 11.9 Å². The molecule has 0 aliphatic rings. The summed E-state index contributed by atoms with van der Waals surface area (Å²) in [5.41, 5.74) is -0.0368. The summed E-state index contributed by atoms with van der Waals surface area (Å²) in [6.07, 6.45) is -4.50. The average Bonchev–Trinajstić information content (AvgIpc) is 2.60. The van der Waals surface area contributed by atoms with Gasteiger partial charge in [0.1, 0.15) is 0 Å². The normalized spacial score (nSPS) is 11.8. The van der Waals surface area contributed by atoms with Crippen LogP contribution in [0.25, 0.3) is 0 Å². The maximum absolute atomic E-state index is 12.5. The van der Waals surface area contributed by atoms with Gasteiger partial charge in [-0.05, 0) is 61.4 Å². The predicted octanol–water partition coefficient (Wildman–Crippen LogP) is 2.77. The van der Waals surface area contributed by atoms with Gasteiger partial charge in [-0.3, -0.25) is 4.79 Å². The lowest BCUT2D eigenvalue weighted by molar-refractivity contribution is -0.137. The van der Waals surface area contributed by atoms with Crippen LogP contribution in [-0.4, -0.2) is 26.9 Å². The molecule has 0 saturated heterocycles. The van der Waals surface area contributed by atoms with Crippen LogP contribution >= 0.6 is 0 Å². The van der Waals surface area contributed by atoms with Gasteiger partial charge < -0.3 is 10.1 Å². The first-order valence-corrected chi connectivity index (χ1v) is 9.62. The topological polar surface area (TPSA) is 116 Å². The molecular formula is C18H17F3N2O5S. The summed E-state index contributed by atoms with van der Waals surface area (Å²) in [7, 11) is -4.07. The lowest BCUT2D eigenvalue weighted by Gasteiger charge is -2.11. The molecular weight excluding hydrogens is 413 g/mol. The number of primary sulfonamides is 1. The number of amides is 1. The first-order valence-electron chi connectivity index (χ1n) is 8.07. The monoisotopic (exact) mass is 430 g/mol. The molecule has 0 aliphatic carbocycles. The third-order valence-corrected chi connectivity index (χ3v) is 5.03. The van der Waals surface area contributed by atoms with E-state index in [1.807, 2.05) is 0 Å². The zero-order chi connectivity index (χ0) is 22.0. The number of benzene rings is 2. The van der Waals surface area contributed by atoms with Crippen LogP contribution in [0.15, 0.2) is 41.3 Å². The van der Waals surface area contributed by atoms with Crippen LogP contribution in [0, 0.1) is 13.8 Å². The Kier molecular flexibility index (Phi) is 6.34. The minimum Gasteiger partial charge on any atom is -0.452 e. The van der Waals surface area contributed by atoms with Crippen LogP contribution in [0.5, 0.6) is 0 Å². The van der Waals surface area contributed by atoms with Gasteiger partial charge in [-0.15, -0.1) is 0 Å². The molecule has 0 spiro atoms. The molecule has 0 saturated carbocycles. The van der Waals surface area contributed by atoms with Gasteiger partial charge in [0.2, 0.25) is 10.0 Å². The highest BCUT2D eigenvalue weighted by Crippen LogP contribution is 2.29. The number of aryl methyl sites for hydroxylation is 1. The van der Waals surface area contributed by atoms with E-state index in [1.165, 1.54) is 13.0 Å². The van der Waals surface area contributed by atoms with Crippen LogP contribution in [0.3, 0.4) is 0 Å². The number of alkyl halides is 3. The fraction of sp³-hybridized carbons (Fsp3) is 0.222. The molecule has 0 heterocycles. The quantitative estimate of drug-likeness (QED) is 0.708. The summed E-state index contributed by atoms with van der Waals surface area (Å²) in [4.78, 5) is 23.7. The number of carbonyl (C=O) groups excluding carboxylic acids is 2. The van der Waals surface area contributed by atoms with Crippen molar-refractivity contribution in [3.8, 4) is 0 Å². The molecule has 156 valence electrons. The largest absolute Gasteiger partial charge is 0.452 e. The lowest BCUT2D eigenvalue weighted by atomic mass is 10.1. The van der Waals surface area contributed by atoms with Crippen LogP contribution in [0.4, 0.5) is 18.9 Å². The molecule has 0 aliphatic heterocycles. The maximum Gasteiger partial charge on any atom is 0.416 e. The minimum atomic E-state index is -4.50. The number of nitrogens with one attached hydrogen (secondary N) is 1. The number of anilines is 1. The number of esters is 1. The van der Waals surface area contributed by atoms with Gasteiger partial charge in [-0.2, -0.15) is 13.2 Å². The third kappa shape index (κ3) is 5.78. The molecule has 2 aromatic rings. The standard InChI is InChI=1S/C18H17F3N2O5S/c1-10-7-12(8-15(11(10)2)29(22,26)27)17(25)28-9-16(24)23-14-5-3-13(4-6-14)18(19,20)21/h3-8H,9H2,1-2H3,(H,23,24)(H2,22,26,27). The molecule has 0 atom stereocenters. The number of nitrogens with two attached hydrogens (primary N) is 1. The van der Waals surface area contributed by atoms with Gasteiger partial charge in [0.05, 0.1) is 16.0 Å². The average molecular weight is 430 g/mol. The second-order valence-electron chi connectivity index (χ2n) is 6.16. The summed E-state index contributed by atoms with van der Waals surface area (Å²) < 4.78 is 65.6. The van der Waals surface area contributed by atoms with E-state index in [-0.39, 0.29) is 16.1 Å². The molecule has 3 N–H and O–H groups in total. The van der Waals surface area contributed by atoms with Crippen molar-refractivity contribution >= 4 is 27.6 Å². The van der Waals surface area contributed by atoms with E-state index >= 15 is 0 Å². The highest BCUT2D eigenvalue weighted by atomic mass is 32.2. The molecule has 29 heavy (non-hydrogen) atoms. The van der Waals surface area contributed by atoms with Crippen LogP contribution < -0.4 is 10.5 Å². The van der Waals surface area contributed by atoms with Crippen LogP contribution in [0.2, 0.25) is 0 Å². The van der Waals surface area contributed by atoms with Crippen molar-refractivity contribution in [2.24, 2.45) is 5.14 Å². The van der Waals surface area contributed by atoms with Crippen LogP contribution in [-0.2, 0) is 25.7 Å². The molecule has 2 rings (SSSR count). The van der Waals surface area contributed by atoms with Gasteiger partial charge in [0.15, 0.2) is 6.61 Å². The maximum atomic E-state index is 12.5. The number of ether oxygens (including phenoxy) is 1. The summed E-state index contributed by atoms with van der Waals surface area (Å²) in [6.45, 7) is 2.39. The van der Waals surface area contributed by atoms with E-state index in [1.54, 1.807) is 6.92 Å². The highest BCUT2D eigenvalue weighted by molar-refractivity contribution is 7.89. The zero-order valence-electron chi connectivity index (χ0n) is 15.3. The van der Waals surface area contributed by atoms with Crippen molar-refractivity contribution in [3.05, 3.63) is 58.7 Å². The number of hydrogen-bond donors (Lipinski definition) is 2. The summed E-state index contributed by atoms with van der Waals surface area (Å²) >= 11 is 0. The molecule has 0 radical (unpaired) electrons. The third-order valence-electron chi connectivity index (χ3n) is 3.99. The Hall–Kier alpha value is -2.92. The van der Waals surface area contributed by atoms with E-state index in [9.17, 15) is 31.2 Å². The fourth-order valence-electron chi connectivity index (χ4n) is 2.39. The van der Waals surface area contributed by atoms with E-state index in [4.69, 9.17) is 9.88 Å². The van der Waals surface area contributed by atoms with Gasteiger partial charge in [-0.25, -0.2) is 18.4 Å². The minimum absolute atomic E-state index is 0.0849. The van der Waals surface area contributed by atoms with Crippen molar-refractivity contribution in [1.29, 1.82) is 0 Å². The van der Waals surface area contributed by atoms with E-state index in [2.05, 4.69) is 5.32 Å². The molecule has 0 bridgehead atoms.